The van der Waals surface area contributed by atoms with Crippen LogP contribution < -0.4 is 0 Å². The van der Waals surface area contributed by atoms with E-state index in [0.29, 0.717) is 44.3 Å². The summed E-state index contributed by atoms with van der Waals surface area (Å²) in [6.45, 7) is 4.70. The third-order valence-electron chi connectivity index (χ3n) is 5.26. The van der Waals surface area contributed by atoms with Crippen LogP contribution >= 0.6 is 0 Å². The van der Waals surface area contributed by atoms with Gasteiger partial charge in [-0.2, -0.15) is 0 Å². The van der Waals surface area contributed by atoms with E-state index in [0.717, 1.165) is 19.5 Å². The van der Waals surface area contributed by atoms with E-state index in [1.165, 1.54) is 19.1 Å². The first-order chi connectivity index (χ1) is 11.6. The number of piperazine rings is 1. The highest BCUT2D eigenvalue weighted by Gasteiger charge is 2.26. The highest BCUT2D eigenvalue weighted by atomic mass is 16.3. The lowest BCUT2D eigenvalue weighted by molar-refractivity contribution is -0.133. The molecular weight excluding hydrogens is 306 g/mol. The predicted molar refractivity (Wildman–Crippen MR) is 90.6 cm³/mol. The molecule has 2 aliphatic rings. The number of furan rings is 1. The number of carbonyl (C=O) groups is 2. The van der Waals surface area contributed by atoms with Gasteiger partial charge in [0.15, 0.2) is 5.76 Å². The van der Waals surface area contributed by atoms with Gasteiger partial charge in [-0.25, -0.2) is 0 Å². The summed E-state index contributed by atoms with van der Waals surface area (Å²) in [4.78, 5) is 30.6. The Morgan fingerprint density at radius 2 is 1.75 bits per heavy atom. The topological polar surface area (TPSA) is 57.0 Å². The molecule has 132 valence electrons. The van der Waals surface area contributed by atoms with Gasteiger partial charge in [0, 0.05) is 32.6 Å². The molecule has 0 aromatic carbocycles. The van der Waals surface area contributed by atoms with Crippen molar-refractivity contribution in [1.82, 2.24) is 14.7 Å². The zero-order valence-electron chi connectivity index (χ0n) is 14.4. The maximum atomic E-state index is 12.4. The Labute approximate surface area is 143 Å². The third kappa shape index (κ3) is 4.17. The smallest absolute Gasteiger partial charge is 0.289 e. The van der Waals surface area contributed by atoms with Crippen LogP contribution in [0.5, 0.6) is 0 Å². The van der Waals surface area contributed by atoms with Gasteiger partial charge < -0.3 is 19.1 Å². The van der Waals surface area contributed by atoms with E-state index in [9.17, 15) is 9.59 Å². The summed E-state index contributed by atoms with van der Waals surface area (Å²) < 4.78 is 5.16. The average molecular weight is 333 g/mol. The van der Waals surface area contributed by atoms with Crippen molar-refractivity contribution >= 4 is 11.8 Å². The molecule has 0 bridgehead atoms. The fraction of sp³-hybridized carbons (Fsp3) is 0.667. The largest absolute Gasteiger partial charge is 0.459 e. The van der Waals surface area contributed by atoms with Crippen molar-refractivity contribution in [1.29, 1.82) is 0 Å². The molecule has 2 aliphatic heterocycles. The SMILES string of the molecule is CN1CCC(CCC(=O)N2CCN(C(=O)c3ccco3)CC2)CC1. The van der Waals surface area contributed by atoms with Gasteiger partial charge in [-0.1, -0.05) is 0 Å². The number of likely N-dealkylation sites (tertiary alicyclic amines) is 1. The monoisotopic (exact) mass is 333 g/mol. The van der Waals surface area contributed by atoms with E-state index in [1.807, 2.05) is 4.90 Å². The first-order valence-electron chi connectivity index (χ1n) is 8.92. The van der Waals surface area contributed by atoms with E-state index in [-0.39, 0.29) is 11.8 Å². The number of rotatable bonds is 4. The Balaban J connectivity index is 1.39. The number of nitrogens with zero attached hydrogens (tertiary/aromatic N) is 3. The van der Waals surface area contributed by atoms with Crippen LogP contribution in [0.25, 0.3) is 0 Å². The van der Waals surface area contributed by atoms with Crippen LogP contribution in [0.2, 0.25) is 0 Å². The lowest BCUT2D eigenvalue weighted by Gasteiger charge is -2.35. The van der Waals surface area contributed by atoms with Crippen molar-refractivity contribution in [3.63, 3.8) is 0 Å². The van der Waals surface area contributed by atoms with Crippen LogP contribution in [-0.2, 0) is 4.79 Å². The number of carbonyl (C=O) groups excluding carboxylic acids is 2. The Morgan fingerprint density at radius 1 is 1.08 bits per heavy atom. The Bertz CT molecular complexity index is 542. The summed E-state index contributed by atoms with van der Waals surface area (Å²) in [6, 6.07) is 3.40. The number of hydrogen-bond donors (Lipinski definition) is 0. The fourth-order valence-electron chi connectivity index (χ4n) is 3.55. The molecule has 24 heavy (non-hydrogen) atoms. The zero-order chi connectivity index (χ0) is 16.9. The van der Waals surface area contributed by atoms with E-state index in [2.05, 4.69) is 11.9 Å². The average Bonchev–Trinajstić information content (AvgIpc) is 3.15. The molecule has 0 atom stereocenters. The predicted octanol–water partition coefficient (Wildman–Crippen LogP) is 1.69. The molecule has 0 saturated carbocycles. The van der Waals surface area contributed by atoms with E-state index in [4.69, 9.17) is 4.42 Å². The lowest BCUT2D eigenvalue weighted by atomic mass is 9.92. The second kappa shape index (κ2) is 7.83. The van der Waals surface area contributed by atoms with Gasteiger partial charge in [-0.05, 0) is 57.5 Å². The third-order valence-corrected chi connectivity index (χ3v) is 5.26. The second-order valence-corrected chi connectivity index (χ2v) is 6.94. The van der Waals surface area contributed by atoms with Gasteiger partial charge in [0.05, 0.1) is 6.26 Å². The molecule has 0 spiro atoms. The molecule has 2 fully saturated rings. The Morgan fingerprint density at radius 3 is 2.38 bits per heavy atom. The molecule has 0 N–H and O–H groups in total. The Kier molecular flexibility index (Phi) is 5.56. The van der Waals surface area contributed by atoms with Crippen molar-refractivity contribution in [3.8, 4) is 0 Å². The van der Waals surface area contributed by atoms with Crippen LogP contribution in [0.4, 0.5) is 0 Å². The zero-order valence-corrected chi connectivity index (χ0v) is 14.4. The molecule has 6 nitrogen and oxygen atoms in total. The molecule has 3 rings (SSSR count). The molecule has 2 saturated heterocycles. The molecule has 0 radical (unpaired) electrons. The van der Waals surface area contributed by atoms with Crippen molar-refractivity contribution in [3.05, 3.63) is 24.2 Å². The number of piperidine rings is 1. The molecule has 1 aromatic heterocycles. The minimum atomic E-state index is -0.0848. The van der Waals surface area contributed by atoms with E-state index < -0.39 is 0 Å². The van der Waals surface area contributed by atoms with Crippen LogP contribution in [0.15, 0.2) is 22.8 Å². The van der Waals surface area contributed by atoms with Gasteiger partial charge in [0.1, 0.15) is 0 Å². The molecular formula is C18H27N3O3. The van der Waals surface area contributed by atoms with Crippen molar-refractivity contribution < 1.29 is 14.0 Å². The van der Waals surface area contributed by atoms with Crippen molar-refractivity contribution in [2.45, 2.75) is 25.7 Å². The first kappa shape index (κ1) is 17.0. The van der Waals surface area contributed by atoms with E-state index >= 15 is 0 Å². The normalized spacial score (nSPS) is 20.4. The molecule has 0 unspecified atom stereocenters. The molecule has 3 heterocycles. The minimum Gasteiger partial charge on any atom is -0.459 e. The summed E-state index contributed by atoms with van der Waals surface area (Å²) in [7, 11) is 2.16. The maximum Gasteiger partial charge on any atom is 0.289 e. The van der Waals surface area contributed by atoms with Gasteiger partial charge in [0.2, 0.25) is 5.91 Å². The number of amides is 2. The van der Waals surface area contributed by atoms with Gasteiger partial charge in [-0.15, -0.1) is 0 Å². The fourth-order valence-corrected chi connectivity index (χ4v) is 3.55. The maximum absolute atomic E-state index is 12.4. The van der Waals surface area contributed by atoms with Crippen LogP contribution in [0, 0.1) is 5.92 Å². The van der Waals surface area contributed by atoms with Gasteiger partial charge in [-0.3, -0.25) is 9.59 Å². The summed E-state index contributed by atoms with van der Waals surface area (Å²) in [5, 5.41) is 0. The highest BCUT2D eigenvalue weighted by Crippen LogP contribution is 2.21. The summed E-state index contributed by atoms with van der Waals surface area (Å²) in [5.74, 6) is 1.21. The summed E-state index contributed by atoms with van der Waals surface area (Å²) in [6.07, 6.45) is 5.55. The molecule has 2 amide bonds. The summed E-state index contributed by atoms with van der Waals surface area (Å²) in [5.41, 5.74) is 0. The first-order valence-corrected chi connectivity index (χ1v) is 8.92. The van der Waals surface area contributed by atoms with Crippen LogP contribution in [0.1, 0.15) is 36.2 Å². The molecule has 6 heteroatoms. The minimum absolute atomic E-state index is 0.0848. The van der Waals surface area contributed by atoms with Crippen molar-refractivity contribution in [2.24, 2.45) is 5.92 Å². The Hall–Kier alpha value is -1.82. The molecule has 0 aliphatic carbocycles. The molecule has 1 aromatic rings. The quantitative estimate of drug-likeness (QED) is 0.841. The van der Waals surface area contributed by atoms with Gasteiger partial charge in [0.25, 0.3) is 5.91 Å². The van der Waals surface area contributed by atoms with Crippen LogP contribution in [-0.4, -0.2) is 72.8 Å². The number of hydrogen-bond acceptors (Lipinski definition) is 4. The van der Waals surface area contributed by atoms with Gasteiger partial charge >= 0.3 is 0 Å². The lowest BCUT2D eigenvalue weighted by Crippen LogP contribution is -2.50. The van der Waals surface area contributed by atoms with E-state index in [1.54, 1.807) is 17.0 Å². The second-order valence-electron chi connectivity index (χ2n) is 6.94. The standard InChI is InChI=1S/C18H27N3O3/c1-19-8-6-15(7-9-19)4-5-17(22)20-10-12-21(13-11-20)18(23)16-3-2-14-24-16/h2-3,14-15H,4-13H2,1H3. The van der Waals surface area contributed by atoms with Crippen molar-refractivity contribution in [2.75, 3.05) is 46.3 Å². The highest BCUT2D eigenvalue weighted by molar-refractivity contribution is 5.91. The summed E-state index contributed by atoms with van der Waals surface area (Å²) >= 11 is 0. The van der Waals surface area contributed by atoms with Crippen LogP contribution in [0.3, 0.4) is 0 Å².